The van der Waals surface area contributed by atoms with Crippen LogP contribution in [0.5, 0.6) is 17.2 Å². The third-order valence-electron chi connectivity index (χ3n) is 7.14. The molecule has 0 saturated carbocycles. The number of aliphatic carboxylic acids is 1. The van der Waals surface area contributed by atoms with Crippen molar-refractivity contribution >= 4 is 22.0 Å². The highest BCUT2D eigenvalue weighted by Crippen LogP contribution is 2.33. The molecule has 1 unspecified atom stereocenters. The van der Waals surface area contributed by atoms with Crippen molar-refractivity contribution in [3.8, 4) is 17.2 Å². The number of hydrogen-bond acceptors (Lipinski definition) is 8. The van der Waals surface area contributed by atoms with Gasteiger partial charge < -0.3 is 24.1 Å². The molecule has 1 aliphatic heterocycles. The number of nitrogens with zero attached hydrogens (tertiary/aromatic N) is 1. The van der Waals surface area contributed by atoms with Gasteiger partial charge in [-0.3, -0.25) is 4.79 Å². The van der Waals surface area contributed by atoms with Gasteiger partial charge in [-0.2, -0.15) is 4.31 Å². The van der Waals surface area contributed by atoms with Gasteiger partial charge in [0, 0.05) is 6.54 Å². The lowest BCUT2D eigenvalue weighted by Gasteiger charge is -2.34. The van der Waals surface area contributed by atoms with Gasteiger partial charge in [0.05, 0.1) is 19.1 Å². The van der Waals surface area contributed by atoms with Gasteiger partial charge in [-0.25, -0.2) is 17.6 Å². The highest BCUT2D eigenvalue weighted by molar-refractivity contribution is 7.89. The summed E-state index contributed by atoms with van der Waals surface area (Å²) in [5, 5.41) is 9.01. The van der Waals surface area contributed by atoms with Crippen LogP contribution >= 0.6 is 0 Å². The predicted molar refractivity (Wildman–Crippen MR) is 154 cm³/mol. The molecule has 230 valence electrons. The zero-order chi connectivity index (χ0) is 31.0. The summed E-state index contributed by atoms with van der Waals surface area (Å²) in [5.74, 6) is -1.02. The Hall–Kier alpha value is -4.16. The van der Waals surface area contributed by atoms with Crippen LogP contribution in [0, 0.1) is 5.82 Å². The molecule has 0 aromatic heterocycles. The zero-order valence-electron chi connectivity index (χ0n) is 23.9. The van der Waals surface area contributed by atoms with Crippen molar-refractivity contribution in [3.05, 3.63) is 83.7 Å². The number of carbonyl (C=O) groups excluding carboxylic acids is 1. The van der Waals surface area contributed by atoms with Crippen LogP contribution in [-0.2, 0) is 30.8 Å². The molecule has 3 aromatic carbocycles. The lowest BCUT2D eigenvalue weighted by atomic mass is 10.00. The topological polar surface area (TPSA) is 129 Å². The zero-order valence-corrected chi connectivity index (χ0v) is 24.7. The maximum Gasteiger partial charge on any atom is 0.341 e. The van der Waals surface area contributed by atoms with Crippen molar-refractivity contribution in [3.63, 3.8) is 0 Å². The molecule has 0 spiro atoms. The molecule has 0 amide bonds. The highest BCUT2D eigenvalue weighted by Gasteiger charge is 2.39. The second-order valence-electron chi connectivity index (χ2n) is 9.99. The summed E-state index contributed by atoms with van der Waals surface area (Å²) in [7, 11) is -1.03. The number of aryl methyl sites for hydroxylation is 1. The summed E-state index contributed by atoms with van der Waals surface area (Å²) in [5.41, 5.74) is 1.44. The molecule has 1 N–H and O–H groups in total. The van der Waals surface area contributed by atoms with E-state index in [1.54, 1.807) is 30.3 Å². The SMILES string of the molecule is COc1ccc(CC[C@@H](OC(=O)C2CCCCN2S(=O)(=O)c2ccc(F)cc2)c2cccc(OCC(=O)O)c2)cc1OC. The molecular weight excluding hydrogens is 581 g/mol. The monoisotopic (exact) mass is 615 g/mol. The number of hydrogen-bond donors (Lipinski definition) is 1. The number of ether oxygens (including phenoxy) is 4. The quantitative estimate of drug-likeness (QED) is 0.271. The number of rotatable bonds is 13. The number of halogens is 1. The second kappa shape index (κ2) is 14.3. The number of methoxy groups -OCH3 is 2. The van der Waals surface area contributed by atoms with E-state index in [9.17, 15) is 22.4 Å². The first-order valence-electron chi connectivity index (χ1n) is 13.8. The van der Waals surface area contributed by atoms with Gasteiger partial charge >= 0.3 is 11.9 Å². The molecule has 1 fully saturated rings. The molecule has 1 heterocycles. The predicted octanol–water partition coefficient (Wildman–Crippen LogP) is 4.77. The molecule has 0 aliphatic carbocycles. The van der Waals surface area contributed by atoms with Crippen LogP contribution in [0.2, 0.25) is 0 Å². The fourth-order valence-electron chi connectivity index (χ4n) is 4.97. The number of benzene rings is 3. The van der Waals surface area contributed by atoms with Gasteiger partial charge in [0.15, 0.2) is 18.1 Å². The number of sulfonamides is 1. The highest BCUT2D eigenvalue weighted by atomic mass is 32.2. The third kappa shape index (κ3) is 8.02. The van der Waals surface area contributed by atoms with Crippen LogP contribution < -0.4 is 14.2 Å². The van der Waals surface area contributed by atoms with E-state index in [1.807, 2.05) is 12.1 Å². The number of carboxylic acids is 1. The Labute approximate surface area is 250 Å². The lowest BCUT2D eigenvalue weighted by molar-refractivity contribution is -0.155. The summed E-state index contributed by atoms with van der Waals surface area (Å²) >= 11 is 0. The lowest BCUT2D eigenvalue weighted by Crippen LogP contribution is -2.48. The molecule has 12 heteroatoms. The minimum Gasteiger partial charge on any atom is -0.493 e. The van der Waals surface area contributed by atoms with Gasteiger partial charge in [-0.05, 0) is 91.8 Å². The smallest absolute Gasteiger partial charge is 0.341 e. The molecule has 3 aromatic rings. The van der Waals surface area contributed by atoms with Crippen molar-refractivity contribution in [2.24, 2.45) is 0 Å². The van der Waals surface area contributed by atoms with E-state index in [4.69, 9.17) is 24.1 Å². The van der Waals surface area contributed by atoms with E-state index in [0.717, 1.165) is 22.0 Å². The Bertz CT molecular complexity index is 1530. The van der Waals surface area contributed by atoms with E-state index < -0.39 is 46.5 Å². The first kappa shape index (κ1) is 31.8. The average molecular weight is 616 g/mol. The van der Waals surface area contributed by atoms with Crippen molar-refractivity contribution in [2.45, 2.75) is 49.1 Å². The number of carbonyl (C=O) groups is 2. The standard InChI is InChI=1S/C31H34FNO9S/c1-39-28-16-10-21(18-29(28)40-2)9-15-27(22-6-5-7-24(19-22)41-20-30(34)35)42-31(36)26-8-3-4-17-33(26)43(37,38)25-13-11-23(32)12-14-25/h5-7,10-14,16,18-19,26-27H,3-4,8-9,15,17,20H2,1-2H3,(H,34,35)/t26?,27-/m1/s1. The summed E-state index contributed by atoms with van der Waals surface area (Å²) in [6, 6.07) is 15.5. The van der Waals surface area contributed by atoms with Crippen molar-refractivity contribution in [2.75, 3.05) is 27.4 Å². The Morgan fingerprint density at radius 1 is 1.00 bits per heavy atom. The summed E-state index contributed by atoms with van der Waals surface area (Å²) in [6.45, 7) is -0.424. The minimum atomic E-state index is -4.10. The van der Waals surface area contributed by atoms with Crippen molar-refractivity contribution in [1.82, 2.24) is 4.31 Å². The normalized spacial score (nSPS) is 16.2. The van der Waals surface area contributed by atoms with Crippen molar-refractivity contribution < 1.29 is 46.5 Å². The van der Waals surface area contributed by atoms with Crippen LogP contribution in [0.4, 0.5) is 4.39 Å². The Morgan fingerprint density at radius 2 is 1.74 bits per heavy atom. The molecule has 0 bridgehead atoms. The van der Waals surface area contributed by atoms with Crippen molar-refractivity contribution in [1.29, 1.82) is 0 Å². The van der Waals surface area contributed by atoms with Crippen LogP contribution in [-0.4, -0.2) is 63.2 Å². The van der Waals surface area contributed by atoms with Gasteiger partial charge in [0.1, 0.15) is 23.7 Å². The van der Waals surface area contributed by atoms with Gasteiger partial charge in [-0.1, -0.05) is 18.2 Å². The van der Waals surface area contributed by atoms with E-state index >= 15 is 0 Å². The summed E-state index contributed by atoms with van der Waals surface area (Å²) < 4.78 is 63.6. The molecule has 1 saturated heterocycles. The summed E-state index contributed by atoms with van der Waals surface area (Å²) in [6.07, 6.45) is 1.43. The third-order valence-corrected chi connectivity index (χ3v) is 9.06. The maximum atomic E-state index is 13.7. The summed E-state index contributed by atoms with van der Waals surface area (Å²) in [4.78, 5) is 24.6. The number of carboxylic acid groups (broad SMARTS) is 1. The molecule has 2 atom stereocenters. The van der Waals surface area contributed by atoms with E-state index in [-0.39, 0.29) is 23.6 Å². The van der Waals surface area contributed by atoms with Gasteiger partial charge in [0.2, 0.25) is 10.0 Å². The maximum absolute atomic E-state index is 13.7. The second-order valence-corrected chi connectivity index (χ2v) is 11.9. The van der Waals surface area contributed by atoms with E-state index in [2.05, 4.69) is 0 Å². The minimum absolute atomic E-state index is 0.109. The Morgan fingerprint density at radius 3 is 2.44 bits per heavy atom. The molecular formula is C31H34FNO9S. The van der Waals surface area contributed by atoms with E-state index in [0.29, 0.717) is 42.7 Å². The Kier molecular flexibility index (Phi) is 10.6. The van der Waals surface area contributed by atoms with Gasteiger partial charge in [-0.15, -0.1) is 0 Å². The molecule has 1 aliphatic rings. The first-order valence-corrected chi connectivity index (χ1v) is 15.2. The largest absolute Gasteiger partial charge is 0.493 e. The molecule has 0 radical (unpaired) electrons. The van der Waals surface area contributed by atoms with Gasteiger partial charge in [0.25, 0.3) is 0 Å². The molecule has 10 nitrogen and oxygen atoms in total. The van der Waals surface area contributed by atoms with Crippen LogP contribution in [0.25, 0.3) is 0 Å². The van der Waals surface area contributed by atoms with Crippen LogP contribution in [0.1, 0.15) is 42.9 Å². The number of piperidine rings is 1. The van der Waals surface area contributed by atoms with Crippen LogP contribution in [0.3, 0.4) is 0 Å². The molecule has 4 rings (SSSR count). The molecule has 43 heavy (non-hydrogen) atoms. The Balaban J connectivity index is 1.60. The fourth-order valence-corrected chi connectivity index (χ4v) is 6.61. The van der Waals surface area contributed by atoms with Crippen LogP contribution in [0.15, 0.2) is 71.6 Å². The van der Waals surface area contributed by atoms with E-state index in [1.165, 1.54) is 26.4 Å². The number of esters is 1. The first-order chi connectivity index (χ1) is 20.6. The fraction of sp³-hybridized carbons (Fsp3) is 0.355. The average Bonchev–Trinajstić information content (AvgIpc) is 3.02.